The van der Waals surface area contributed by atoms with Crippen molar-refractivity contribution >= 4 is 21.4 Å². The average molecular weight is 637 g/mol. The summed E-state index contributed by atoms with van der Waals surface area (Å²) in [6, 6.07) is 4.16. The van der Waals surface area contributed by atoms with Crippen LogP contribution in [0.25, 0.3) is 0 Å². The zero-order valence-corrected chi connectivity index (χ0v) is 24.0. The lowest BCUT2D eigenvalue weighted by Crippen LogP contribution is -2.40. The second kappa shape index (κ2) is 15.8. The third-order valence-corrected chi connectivity index (χ3v) is 8.49. The Balaban J connectivity index is 2.22. The maximum atomic E-state index is 13.1. The predicted octanol–water partition coefficient (Wildman–Crippen LogP) is 7.56. The van der Waals surface area contributed by atoms with Gasteiger partial charge in [0.05, 0.1) is 28.7 Å². The topological polar surface area (TPSA) is 107 Å². The lowest BCUT2D eigenvalue weighted by Gasteiger charge is -2.22. The fraction of sp³-hybridized carbons (Fsp3) is 0.704. The van der Waals surface area contributed by atoms with Crippen LogP contribution in [0.1, 0.15) is 95.1 Å². The van der Waals surface area contributed by atoms with Crippen molar-refractivity contribution in [3.63, 3.8) is 0 Å². The van der Waals surface area contributed by atoms with Gasteiger partial charge >= 0.3 is 18.3 Å². The molecule has 0 spiro atoms. The van der Waals surface area contributed by atoms with Crippen LogP contribution >= 0.6 is 0 Å². The first-order chi connectivity index (χ1) is 19.2. The molecular weight excluding hydrogens is 600 g/mol. The van der Waals surface area contributed by atoms with Gasteiger partial charge in [-0.3, -0.25) is 4.79 Å². The first kappa shape index (κ1) is 37.6. The van der Waals surface area contributed by atoms with Crippen molar-refractivity contribution in [1.82, 2.24) is 0 Å². The van der Waals surface area contributed by atoms with E-state index in [0.29, 0.717) is 25.3 Å². The highest BCUT2D eigenvalue weighted by atomic mass is 32.2. The number of nitriles is 1. The van der Waals surface area contributed by atoms with E-state index in [1.54, 1.807) is 0 Å². The van der Waals surface area contributed by atoms with Gasteiger partial charge in [0, 0.05) is 12.1 Å². The monoisotopic (exact) mass is 636 g/mol. The van der Waals surface area contributed by atoms with Crippen molar-refractivity contribution in [3.05, 3.63) is 29.3 Å². The summed E-state index contributed by atoms with van der Waals surface area (Å²) in [6.07, 6.45) is -6.72. The zero-order chi connectivity index (χ0) is 32.2. The Kier molecular flexibility index (Phi) is 14.2. The van der Waals surface area contributed by atoms with Gasteiger partial charge in [0.15, 0.2) is 0 Å². The summed E-state index contributed by atoms with van der Waals surface area (Å²) < 4.78 is 125. The zero-order valence-electron chi connectivity index (χ0n) is 23.2. The number of aliphatic hydroxyl groups is 1. The number of halogens is 8. The quantitative estimate of drug-likeness (QED) is 0.128. The molecule has 42 heavy (non-hydrogen) atoms. The molecule has 0 aliphatic carbocycles. The van der Waals surface area contributed by atoms with Crippen molar-refractivity contribution in [3.8, 4) is 6.07 Å². The summed E-state index contributed by atoms with van der Waals surface area (Å²) in [4.78, 5) is 12.4. The van der Waals surface area contributed by atoms with Crippen LogP contribution in [-0.2, 0) is 20.8 Å². The van der Waals surface area contributed by atoms with Gasteiger partial charge in [-0.2, -0.15) is 40.4 Å². The lowest BCUT2D eigenvalue weighted by atomic mass is 9.96. The van der Waals surface area contributed by atoms with E-state index in [2.05, 4.69) is 5.32 Å². The van der Waals surface area contributed by atoms with Gasteiger partial charge in [0.25, 0.3) is 5.91 Å². The second-order valence-electron chi connectivity index (χ2n) is 10.5. The summed E-state index contributed by atoms with van der Waals surface area (Å²) in [6.45, 7) is 1.26. The fourth-order valence-corrected chi connectivity index (χ4v) is 5.55. The molecule has 0 aliphatic rings. The van der Waals surface area contributed by atoms with Gasteiger partial charge in [0.1, 0.15) is 15.4 Å². The van der Waals surface area contributed by atoms with E-state index >= 15 is 0 Å². The molecule has 1 aromatic carbocycles. The summed E-state index contributed by atoms with van der Waals surface area (Å²) in [5.41, 5.74) is -3.81. The van der Waals surface area contributed by atoms with E-state index in [4.69, 9.17) is 5.26 Å². The highest BCUT2D eigenvalue weighted by Crippen LogP contribution is 2.39. The Morgan fingerprint density at radius 3 is 1.83 bits per heavy atom. The van der Waals surface area contributed by atoms with Crippen LogP contribution in [0.3, 0.4) is 0 Å². The number of amides is 1. The Hall–Kier alpha value is -2.47. The van der Waals surface area contributed by atoms with Gasteiger partial charge in [-0.05, 0) is 44.4 Å². The maximum Gasteiger partial charge on any atom is 0.453 e. The molecule has 0 aliphatic heterocycles. The number of unbranched alkanes of at least 4 members (excludes halogenated alkanes) is 8. The molecule has 1 atom stereocenters. The minimum atomic E-state index is -5.70. The first-order valence-corrected chi connectivity index (χ1v) is 15.3. The standard InChI is InChI=1S/C27H36F8N2O4S/c1-24(39,23(38)37-21-13-12-20(19-36)22(18-21)26(30,31)32)14-9-7-5-3-2-4-6-8-10-16-42(40,41)17-11-15-25(28,29)27(33,34)35/h12-13,18,39H,2-11,14-17H2,1H3,(H,37,38)/t24-/m0/s1. The van der Waals surface area contributed by atoms with Crippen molar-refractivity contribution < 1.29 is 53.4 Å². The number of hydrogen-bond acceptors (Lipinski definition) is 5. The van der Waals surface area contributed by atoms with Gasteiger partial charge in [-0.25, -0.2) is 8.42 Å². The molecule has 1 aromatic rings. The summed E-state index contributed by atoms with van der Waals surface area (Å²) in [5.74, 6) is -6.77. The maximum absolute atomic E-state index is 13.1. The number of carbonyl (C=O) groups excluding carboxylic acids is 1. The molecule has 2 N–H and O–H groups in total. The van der Waals surface area contributed by atoms with Gasteiger partial charge < -0.3 is 10.4 Å². The molecule has 1 rings (SSSR count). The molecular formula is C27H36F8N2O4S. The number of rotatable bonds is 18. The molecule has 240 valence electrons. The van der Waals surface area contributed by atoms with Crippen molar-refractivity contribution in [1.29, 1.82) is 5.26 Å². The van der Waals surface area contributed by atoms with E-state index in [9.17, 15) is 53.4 Å². The molecule has 0 radical (unpaired) electrons. The SMILES string of the molecule is C[C@](O)(CCCCCCCCCCCS(=O)(=O)CCCC(F)(F)C(F)(F)F)C(=O)Nc1ccc(C#N)c(C(F)(F)F)c1. The molecule has 0 aromatic heterocycles. The summed E-state index contributed by atoms with van der Waals surface area (Å²) >= 11 is 0. The van der Waals surface area contributed by atoms with E-state index in [1.807, 2.05) is 0 Å². The second-order valence-corrected chi connectivity index (χ2v) is 12.8. The Morgan fingerprint density at radius 1 is 0.833 bits per heavy atom. The highest BCUT2D eigenvalue weighted by molar-refractivity contribution is 7.91. The number of benzene rings is 1. The van der Waals surface area contributed by atoms with E-state index in [1.165, 1.54) is 13.0 Å². The van der Waals surface area contributed by atoms with Crippen molar-refractivity contribution in [2.45, 2.75) is 108 Å². The van der Waals surface area contributed by atoms with Crippen molar-refractivity contribution in [2.24, 2.45) is 0 Å². The van der Waals surface area contributed by atoms with E-state index < -0.39 is 69.3 Å². The minimum Gasteiger partial charge on any atom is -0.380 e. The molecule has 0 unspecified atom stereocenters. The van der Waals surface area contributed by atoms with Gasteiger partial charge in [-0.15, -0.1) is 0 Å². The first-order valence-electron chi connectivity index (χ1n) is 13.5. The normalized spacial score (nSPS) is 14.3. The number of nitrogens with zero attached hydrogens (tertiary/aromatic N) is 1. The molecule has 0 saturated carbocycles. The lowest BCUT2D eigenvalue weighted by molar-refractivity contribution is -0.284. The van der Waals surface area contributed by atoms with Crippen LogP contribution < -0.4 is 5.32 Å². The molecule has 1 amide bonds. The Morgan fingerprint density at radius 2 is 1.33 bits per heavy atom. The molecule has 6 nitrogen and oxygen atoms in total. The number of hydrogen-bond donors (Lipinski definition) is 2. The Labute approximate surface area is 240 Å². The Bertz CT molecular complexity index is 1160. The number of anilines is 1. The smallest absolute Gasteiger partial charge is 0.380 e. The molecule has 15 heteroatoms. The molecule has 0 fully saturated rings. The van der Waals surface area contributed by atoms with Crippen LogP contribution in [0.2, 0.25) is 0 Å². The largest absolute Gasteiger partial charge is 0.453 e. The predicted molar refractivity (Wildman–Crippen MR) is 140 cm³/mol. The number of nitrogens with one attached hydrogen (secondary N) is 1. The van der Waals surface area contributed by atoms with Crippen LogP contribution in [0, 0.1) is 11.3 Å². The minimum absolute atomic E-state index is 0.0730. The average Bonchev–Trinajstić information content (AvgIpc) is 2.85. The van der Waals surface area contributed by atoms with E-state index in [0.717, 1.165) is 44.2 Å². The summed E-state index contributed by atoms with van der Waals surface area (Å²) in [7, 11) is -3.71. The number of sulfone groups is 1. The number of alkyl halides is 8. The van der Waals surface area contributed by atoms with Gasteiger partial charge in [0.2, 0.25) is 0 Å². The third-order valence-electron chi connectivity index (χ3n) is 6.67. The molecule has 0 heterocycles. The van der Waals surface area contributed by atoms with Crippen LogP contribution in [-0.4, -0.2) is 48.6 Å². The fourth-order valence-electron chi connectivity index (χ4n) is 4.12. The van der Waals surface area contributed by atoms with E-state index in [-0.39, 0.29) is 24.3 Å². The summed E-state index contributed by atoms with van der Waals surface area (Å²) in [5, 5.41) is 21.6. The van der Waals surface area contributed by atoms with Gasteiger partial charge in [-0.1, -0.05) is 51.4 Å². The van der Waals surface area contributed by atoms with Crippen LogP contribution in [0.4, 0.5) is 40.8 Å². The molecule has 0 bridgehead atoms. The highest BCUT2D eigenvalue weighted by Gasteiger charge is 2.56. The van der Waals surface area contributed by atoms with Crippen LogP contribution in [0.15, 0.2) is 18.2 Å². The van der Waals surface area contributed by atoms with Crippen molar-refractivity contribution in [2.75, 3.05) is 16.8 Å². The number of carbonyl (C=O) groups is 1. The third kappa shape index (κ3) is 13.2. The molecule has 0 saturated heterocycles. The van der Waals surface area contributed by atoms with Crippen LogP contribution in [0.5, 0.6) is 0 Å².